The molecule has 2 bridgehead atoms. The maximum Gasteiger partial charge on any atom is 0.261 e. The minimum atomic E-state index is 0. The lowest BCUT2D eigenvalue weighted by Gasteiger charge is -2.28. The molecule has 1 aromatic rings. The van der Waals surface area contributed by atoms with E-state index in [1.807, 2.05) is 19.1 Å². The highest BCUT2D eigenvalue weighted by Gasteiger charge is 2.37. The van der Waals surface area contributed by atoms with E-state index in [0.717, 1.165) is 43.7 Å². The number of hydrogen-bond acceptors (Lipinski definition) is 3. The number of hydrogen-bond donors (Lipinski definition) is 1. The van der Waals surface area contributed by atoms with E-state index in [1.54, 1.807) is 0 Å². The molecule has 1 N–H and O–H groups in total. The highest BCUT2D eigenvalue weighted by atomic mass is 35.5. The summed E-state index contributed by atoms with van der Waals surface area (Å²) in [5.41, 5.74) is 2.30. The van der Waals surface area contributed by atoms with Crippen LogP contribution >= 0.6 is 12.4 Å². The van der Waals surface area contributed by atoms with Crippen molar-refractivity contribution in [3.8, 4) is 5.75 Å². The fraction of sp³-hybridized carbons (Fsp3) is 0.588. The number of benzene rings is 1. The third kappa shape index (κ3) is 3.55. The molecule has 122 valence electrons. The van der Waals surface area contributed by atoms with Gasteiger partial charge in [0.25, 0.3) is 5.91 Å². The monoisotopic (exact) mass is 324 g/mol. The van der Waals surface area contributed by atoms with Gasteiger partial charge in [-0.05, 0) is 51.3 Å². The first-order valence-electron chi connectivity index (χ1n) is 7.87. The van der Waals surface area contributed by atoms with Gasteiger partial charge in [-0.25, -0.2) is 0 Å². The number of ether oxygens (including phenoxy) is 1. The van der Waals surface area contributed by atoms with Gasteiger partial charge in [0.2, 0.25) is 0 Å². The van der Waals surface area contributed by atoms with Crippen LogP contribution in [0.5, 0.6) is 5.75 Å². The Bertz CT molecular complexity index is 521. The molecule has 2 atom stereocenters. The Labute approximate surface area is 138 Å². The molecule has 0 aliphatic carbocycles. The quantitative estimate of drug-likeness (QED) is 0.928. The predicted octanol–water partition coefficient (Wildman–Crippen LogP) is 2.46. The van der Waals surface area contributed by atoms with E-state index in [9.17, 15) is 4.79 Å². The molecule has 2 fully saturated rings. The second-order valence-corrected chi connectivity index (χ2v) is 6.24. The smallest absolute Gasteiger partial charge is 0.261 e. The maximum atomic E-state index is 12.5. The predicted molar refractivity (Wildman–Crippen MR) is 89.8 cm³/mol. The Balaban J connectivity index is 0.00000176. The van der Waals surface area contributed by atoms with Crippen molar-refractivity contribution in [1.82, 2.24) is 10.2 Å². The fourth-order valence-electron chi connectivity index (χ4n) is 3.56. The number of aryl methyl sites for hydroxylation is 2. The summed E-state index contributed by atoms with van der Waals surface area (Å²) < 4.78 is 5.76. The normalized spacial score (nSPS) is 23.6. The average molecular weight is 325 g/mol. The van der Waals surface area contributed by atoms with Gasteiger partial charge < -0.3 is 15.0 Å². The number of nitrogens with zero attached hydrogens (tertiary/aromatic N) is 1. The molecule has 22 heavy (non-hydrogen) atoms. The van der Waals surface area contributed by atoms with E-state index in [2.05, 4.69) is 23.2 Å². The van der Waals surface area contributed by atoms with E-state index < -0.39 is 0 Å². The SMILES string of the molecule is Cc1ccc(OCC(=O)N2C3CCNCC2CC3)c(C)c1.Cl. The lowest BCUT2D eigenvalue weighted by atomic mass is 10.1. The first-order chi connectivity index (χ1) is 10.1. The van der Waals surface area contributed by atoms with E-state index in [4.69, 9.17) is 4.74 Å². The Kier molecular flexibility index (Phi) is 5.70. The molecule has 2 saturated heterocycles. The van der Waals surface area contributed by atoms with Gasteiger partial charge in [-0.2, -0.15) is 0 Å². The van der Waals surface area contributed by atoms with Gasteiger partial charge in [0, 0.05) is 18.6 Å². The topological polar surface area (TPSA) is 41.6 Å². The molecule has 1 amide bonds. The summed E-state index contributed by atoms with van der Waals surface area (Å²) in [6.45, 7) is 6.17. The first-order valence-corrected chi connectivity index (χ1v) is 7.87. The van der Waals surface area contributed by atoms with Crippen molar-refractivity contribution in [3.05, 3.63) is 29.3 Å². The Morgan fingerprint density at radius 2 is 2.05 bits per heavy atom. The molecular weight excluding hydrogens is 300 g/mol. The summed E-state index contributed by atoms with van der Waals surface area (Å²) in [4.78, 5) is 14.6. The van der Waals surface area contributed by atoms with Crippen LogP contribution in [0.15, 0.2) is 18.2 Å². The van der Waals surface area contributed by atoms with E-state index >= 15 is 0 Å². The molecule has 2 aliphatic rings. The highest BCUT2D eigenvalue weighted by Crippen LogP contribution is 2.28. The lowest BCUT2D eigenvalue weighted by molar-refractivity contribution is -0.136. The summed E-state index contributed by atoms with van der Waals surface area (Å²) >= 11 is 0. The summed E-state index contributed by atoms with van der Waals surface area (Å²) in [5, 5.41) is 3.42. The van der Waals surface area contributed by atoms with Crippen LogP contribution in [0, 0.1) is 13.8 Å². The molecule has 2 heterocycles. The van der Waals surface area contributed by atoms with Gasteiger partial charge in [-0.3, -0.25) is 4.79 Å². The van der Waals surface area contributed by atoms with Crippen molar-refractivity contribution >= 4 is 18.3 Å². The van der Waals surface area contributed by atoms with Crippen molar-refractivity contribution in [2.24, 2.45) is 0 Å². The number of nitrogens with one attached hydrogen (secondary N) is 1. The zero-order valence-corrected chi connectivity index (χ0v) is 14.1. The van der Waals surface area contributed by atoms with E-state index in [1.165, 1.54) is 5.56 Å². The third-order valence-electron chi connectivity index (χ3n) is 4.62. The van der Waals surface area contributed by atoms with E-state index in [-0.39, 0.29) is 24.9 Å². The second-order valence-electron chi connectivity index (χ2n) is 6.24. The van der Waals surface area contributed by atoms with Crippen LogP contribution in [0.25, 0.3) is 0 Å². The zero-order valence-electron chi connectivity index (χ0n) is 13.3. The third-order valence-corrected chi connectivity index (χ3v) is 4.62. The van der Waals surface area contributed by atoms with Gasteiger partial charge >= 0.3 is 0 Å². The molecule has 0 spiro atoms. The van der Waals surface area contributed by atoms with Crippen LogP contribution in [0.4, 0.5) is 0 Å². The average Bonchev–Trinajstić information content (AvgIpc) is 2.71. The Morgan fingerprint density at radius 1 is 1.27 bits per heavy atom. The minimum Gasteiger partial charge on any atom is -0.483 e. The molecule has 0 radical (unpaired) electrons. The van der Waals surface area contributed by atoms with Crippen LogP contribution in [0.1, 0.15) is 30.4 Å². The van der Waals surface area contributed by atoms with Crippen LogP contribution in [0.2, 0.25) is 0 Å². The molecule has 0 aromatic heterocycles. The van der Waals surface area contributed by atoms with Gasteiger partial charge in [0.05, 0.1) is 0 Å². The van der Waals surface area contributed by atoms with Gasteiger partial charge in [0.1, 0.15) is 5.75 Å². The number of carbonyl (C=O) groups excluding carboxylic acids is 1. The maximum absolute atomic E-state index is 12.5. The molecular formula is C17H25ClN2O2. The van der Waals surface area contributed by atoms with Crippen molar-refractivity contribution in [2.75, 3.05) is 19.7 Å². The molecule has 3 rings (SSSR count). The fourth-order valence-corrected chi connectivity index (χ4v) is 3.56. The minimum absolute atomic E-state index is 0. The van der Waals surface area contributed by atoms with Crippen molar-refractivity contribution < 1.29 is 9.53 Å². The van der Waals surface area contributed by atoms with Crippen molar-refractivity contribution in [3.63, 3.8) is 0 Å². The largest absolute Gasteiger partial charge is 0.483 e. The van der Waals surface area contributed by atoms with Gasteiger partial charge in [-0.1, -0.05) is 17.7 Å². The summed E-state index contributed by atoms with van der Waals surface area (Å²) in [6.07, 6.45) is 3.32. The number of carbonyl (C=O) groups is 1. The first kappa shape index (κ1) is 17.1. The molecule has 1 aromatic carbocycles. The van der Waals surface area contributed by atoms with Crippen molar-refractivity contribution in [1.29, 1.82) is 0 Å². The molecule has 0 saturated carbocycles. The highest BCUT2D eigenvalue weighted by molar-refractivity contribution is 5.85. The van der Waals surface area contributed by atoms with Crippen LogP contribution in [0.3, 0.4) is 0 Å². The second kappa shape index (κ2) is 7.34. The Morgan fingerprint density at radius 3 is 2.82 bits per heavy atom. The summed E-state index contributed by atoms with van der Waals surface area (Å²) in [5.74, 6) is 0.945. The molecule has 2 unspecified atom stereocenters. The number of amides is 1. The number of halogens is 1. The summed E-state index contributed by atoms with van der Waals surface area (Å²) in [6, 6.07) is 6.82. The van der Waals surface area contributed by atoms with Gasteiger partial charge in [-0.15, -0.1) is 12.4 Å². The van der Waals surface area contributed by atoms with Crippen LogP contribution < -0.4 is 10.1 Å². The Hall–Kier alpha value is -1.26. The van der Waals surface area contributed by atoms with Crippen LogP contribution in [-0.4, -0.2) is 42.6 Å². The van der Waals surface area contributed by atoms with Gasteiger partial charge in [0.15, 0.2) is 6.61 Å². The number of fused-ring (bicyclic) bond motifs is 2. The lowest BCUT2D eigenvalue weighted by Crippen LogP contribution is -2.44. The number of rotatable bonds is 3. The standard InChI is InChI=1S/C17H24N2O2.ClH/c1-12-3-6-16(13(2)9-12)21-11-17(20)19-14-4-5-15(19)10-18-8-7-14;/h3,6,9,14-15,18H,4-5,7-8,10-11H2,1-2H3;1H. The van der Waals surface area contributed by atoms with E-state index in [0.29, 0.717) is 12.1 Å². The molecule has 4 nitrogen and oxygen atoms in total. The molecule has 2 aliphatic heterocycles. The zero-order chi connectivity index (χ0) is 14.8. The summed E-state index contributed by atoms with van der Waals surface area (Å²) in [7, 11) is 0. The van der Waals surface area contributed by atoms with Crippen molar-refractivity contribution in [2.45, 2.75) is 45.2 Å². The molecule has 5 heteroatoms. The van der Waals surface area contributed by atoms with Crippen LogP contribution in [-0.2, 0) is 4.79 Å².